The molecule has 3 heterocycles. The highest BCUT2D eigenvalue weighted by atomic mass is 16.6. The van der Waals surface area contributed by atoms with Crippen LogP contribution in [0.4, 0.5) is 0 Å². The summed E-state index contributed by atoms with van der Waals surface area (Å²) in [5.41, 5.74) is 2.10. The lowest BCUT2D eigenvalue weighted by Gasteiger charge is -2.30. The molecule has 0 amide bonds. The fourth-order valence-corrected chi connectivity index (χ4v) is 5.49. The molecule has 2 atom stereocenters. The van der Waals surface area contributed by atoms with E-state index in [0.717, 1.165) is 12.0 Å². The van der Waals surface area contributed by atoms with Crippen LogP contribution >= 0.6 is 0 Å². The second kappa shape index (κ2) is 12.0. The molecule has 0 saturated carbocycles. The SMILES string of the molecule is COc1cc([C@@H]2CC(=O)Oc3cc4c(c(OC)c32)C(=O)O[C@@H](C)CCCC(=O)CCCC=C4)cc2c1OCCO2. The van der Waals surface area contributed by atoms with Gasteiger partial charge >= 0.3 is 11.9 Å². The second-order valence-corrected chi connectivity index (χ2v) is 10.2. The molecule has 40 heavy (non-hydrogen) atoms. The Balaban J connectivity index is 1.65. The van der Waals surface area contributed by atoms with Gasteiger partial charge in [0.15, 0.2) is 11.5 Å². The highest BCUT2D eigenvalue weighted by Crippen LogP contribution is 2.50. The fourth-order valence-electron chi connectivity index (χ4n) is 5.49. The highest BCUT2D eigenvalue weighted by molar-refractivity contribution is 5.99. The minimum atomic E-state index is -0.536. The summed E-state index contributed by atoms with van der Waals surface area (Å²) in [7, 11) is 3.04. The summed E-state index contributed by atoms with van der Waals surface area (Å²) >= 11 is 0. The monoisotopic (exact) mass is 550 g/mol. The molecule has 5 rings (SSSR count). The minimum Gasteiger partial charge on any atom is -0.495 e. The predicted molar refractivity (Wildman–Crippen MR) is 146 cm³/mol. The van der Waals surface area contributed by atoms with E-state index < -0.39 is 24.0 Å². The van der Waals surface area contributed by atoms with E-state index in [1.807, 2.05) is 25.1 Å². The van der Waals surface area contributed by atoms with Crippen molar-refractivity contribution in [3.05, 3.63) is 46.5 Å². The molecule has 212 valence electrons. The molecule has 9 heteroatoms. The fraction of sp³-hybridized carbons (Fsp3) is 0.452. The zero-order valence-electron chi connectivity index (χ0n) is 23.1. The maximum Gasteiger partial charge on any atom is 0.342 e. The minimum absolute atomic E-state index is 0.0280. The van der Waals surface area contributed by atoms with E-state index in [4.69, 9.17) is 28.4 Å². The van der Waals surface area contributed by atoms with Crippen LogP contribution in [0, 0.1) is 0 Å². The summed E-state index contributed by atoms with van der Waals surface area (Å²) < 4.78 is 34.6. The van der Waals surface area contributed by atoms with Crippen LogP contribution in [-0.4, -0.2) is 51.3 Å². The van der Waals surface area contributed by atoms with Crippen molar-refractivity contribution in [3.63, 3.8) is 0 Å². The Morgan fingerprint density at radius 2 is 1.73 bits per heavy atom. The van der Waals surface area contributed by atoms with Crippen molar-refractivity contribution in [1.29, 1.82) is 0 Å². The van der Waals surface area contributed by atoms with Gasteiger partial charge in [0.1, 0.15) is 36.1 Å². The first kappa shape index (κ1) is 27.6. The van der Waals surface area contributed by atoms with E-state index in [1.54, 1.807) is 19.3 Å². The number of ketones is 1. The van der Waals surface area contributed by atoms with Gasteiger partial charge in [-0.1, -0.05) is 12.2 Å². The third-order valence-corrected chi connectivity index (χ3v) is 7.41. The lowest BCUT2D eigenvalue weighted by molar-refractivity contribution is -0.135. The molecule has 0 aromatic heterocycles. The van der Waals surface area contributed by atoms with Gasteiger partial charge in [0.25, 0.3) is 0 Å². The van der Waals surface area contributed by atoms with E-state index in [1.165, 1.54) is 7.11 Å². The van der Waals surface area contributed by atoms with Gasteiger partial charge in [-0.2, -0.15) is 0 Å². The number of esters is 2. The number of ether oxygens (including phenoxy) is 6. The van der Waals surface area contributed by atoms with Crippen LogP contribution in [0.5, 0.6) is 28.7 Å². The van der Waals surface area contributed by atoms with Crippen LogP contribution < -0.4 is 23.7 Å². The first-order valence-corrected chi connectivity index (χ1v) is 13.7. The number of benzene rings is 2. The summed E-state index contributed by atoms with van der Waals surface area (Å²) in [6.45, 7) is 2.62. The number of allylic oxidation sites excluding steroid dienone is 1. The van der Waals surface area contributed by atoms with Gasteiger partial charge in [-0.3, -0.25) is 9.59 Å². The van der Waals surface area contributed by atoms with E-state index in [0.29, 0.717) is 85.2 Å². The van der Waals surface area contributed by atoms with Crippen LogP contribution in [-0.2, 0) is 14.3 Å². The molecular formula is C31H34O9. The van der Waals surface area contributed by atoms with Crippen molar-refractivity contribution in [2.75, 3.05) is 27.4 Å². The van der Waals surface area contributed by atoms with Crippen molar-refractivity contribution in [2.45, 2.75) is 63.9 Å². The highest BCUT2D eigenvalue weighted by Gasteiger charge is 2.37. The lowest BCUT2D eigenvalue weighted by atomic mass is 9.83. The van der Waals surface area contributed by atoms with E-state index in [9.17, 15) is 14.4 Å². The zero-order valence-corrected chi connectivity index (χ0v) is 23.1. The Hall–Kier alpha value is -4.01. The Morgan fingerprint density at radius 3 is 2.52 bits per heavy atom. The molecule has 3 aliphatic rings. The molecule has 2 aromatic rings. The molecule has 0 saturated heterocycles. The van der Waals surface area contributed by atoms with Crippen LogP contribution in [0.2, 0.25) is 0 Å². The van der Waals surface area contributed by atoms with Gasteiger partial charge in [-0.15, -0.1) is 0 Å². The first-order chi connectivity index (χ1) is 19.4. The van der Waals surface area contributed by atoms with Crippen LogP contribution in [0.3, 0.4) is 0 Å². The molecule has 0 bridgehead atoms. The molecule has 2 aromatic carbocycles. The van der Waals surface area contributed by atoms with Gasteiger partial charge < -0.3 is 28.4 Å². The van der Waals surface area contributed by atoms with Gasteiger partial charge in [0.05, 0.1) is 26.7 Å². The number of carbonyl (C=O) groups excluding carboxylic acids is 3. The average molecular weight is 551 g/mol. The number of carbonyl (C=O) groups is 3. The van der Waals surface area contributed by atoms with E-state index >= 15 is 0 Å². The number of cyclic esters (lactones) is 1. The standard InChI is InChI=1S/C31H34O9/c1-18-8-7-11-21(32)10-6-4-5-9-19-14-23-28(30(36-3)27(19)31(34)39-18)22(17-26(33)40-23)20-15-24(35-2)29-25(16-20)37-12-13-38-29/h5,9,14-16,18,22H,4,6-8,10-13,17H2,1-3H3/t18-,22-/m0/s1. The van der Waals surface area contributed by atoms with Crippen LogP contribution in [0.25, 0.3) is 6.08 Å². The number of methoxy groups -OCH3 is 2. The van der Waals surface area contributed by atoms with Gasteiger partial charge in [-0.05, 0) is 61.9 Å². The Morgan fingerprint density at radius 1 is 0.925 bits per heavy atom. The lowest BCUT2D eigenvalue weighted by Crippen LogP contribution is -2.24. The molecule has 0 spiro atoms. The largest absolute Gasteiger partial charge is 0.495 e. The summed E-state index contributed by atoms with van der Waals surface area (Å²) in [5.74, 6) is 0.890. The topological polar surface area (TPSA) is 107 Å². The number of fused-ring (bicyclic) bond motifs is 3. The summed E-state index contributed by atoms with van der Waals surface area (Å²) in [6, 6.07) is 5.33. The van der Waals surface area contributed by atoms with Crippen LogP contribution in [0.15, 0.2) is 24.3 Å². The average Bonchev–Trinajstić information content (AvgIpc) is 2.94. The van der Waals surface area contributed by atoms with Gasteiger partial charge in [-0.25, -0.2) is 4.79 Å². The predicted octanol–water partition coefficient (Wildman–Crippen LogP) is 5.40. The van der Waals surface area contributed by atoms with Gasteiger partial charge in [0, 0.05) is 24.3 Å². The van der Waals surface area contributed by atoms with Crippen molar-refractivity contribution >= 4 is 23.8 Å². The van der Waals surface area contributed by atoms with E-state index in [2.05, 4.69) is 0 Å². The molecular weight excluding hydrogens is 516 g/mol. The van der Waals surface area contributed by atoms with Crippen molar-refractivity contribution in [3.8, 4) is 28.7 Å². The third kappa shape index (κ3) is 5.64. The number of hydrogen-bond acceptors (Lipinski definition) is 9. The summed E-state index contributed by atoms with van der Waals surface area (Å²) in [4.78, 5) is 38.6. The first-order valence-electron chi connectivity index (χ1n) is 13.7. The second-order valence-electron chi connectivity index (χ2n) is 10.2. The molecule has 0 aliphatic carbocycles. The van der Waals surface area contributed by atoms with Crippen molar-refractivity contribution in [2.24, 2.45) is 0 Å². The van der Waals surface area contributed by atoms with Crippen molar-refractivity contribution < 1.29 is 42.8 Å². The van der Waals surface area contributed by atoms with Crippen molar-refractivity contribution in [1.82, 2.24) is 0 Å². The smallest absolute Gasteiger partial charge is 0.342 e. The maximum absolute atomic E-state index is 13.6. The maximum atomic E-state index is 13.6. The summed E-state index contributed by atoms with van der Waals surface area (Å²) in [6.07, 6.45) is 6.94. The molecule has 0 fully saturated rings. The molecule has 3 aliphatic heterocycles. The Bertz CT molecular complexity index is 1330. The molecule has 0 N–H and O–H groups in total. The van der Waals surface area contributed by atoms with Crippen LogP contribution in [0.1, 0.15) is 84.8 Å². The number of rotatable bonds is 3. The number of hydrogen-bond donors (Lipinski definition) is 0. The zero-order chi connectivity index (χ0) is 28.2. The summed E-state index contributed by atoms with van der Waals surface area (Å²) in [5, 5.41) is 0. The Kier molecular flexibility index (Phi) is 8.28. The quantitative estimate of drug-likeness (QED) is 0.367. The molecule has 9 nitrogen and oxygen atoms in total. The third-order valence-electron chi connectivity index (χ3n) is 7.41. The van der Waals surface area contributed by atoms with Gasteiger partial charge in [0.2, 0.25) is 5.75 Å². The van der Waals surface area contributed by atoms with E-state index in [-0.39, 0.29) is 17.8 Å². The number of Topliss-reactive ketones (excluding diaryl/α,β-unsaturated/α-hetero) is 1. The molecule has 0 radical (unpaired) electrons. The molecule has 0 unspecified atom stereocenters. The Labute approximate surface area is 233 Å². The normalized spacial score (nSPS) is 21.3.